The second kappa shape index (κ2) is 10.9. The number of piperidine rings is 1. The van der Waals surface area contributed by atoms with Crippen LogP contribution in [0, 0.1) is 5.92 Å². The molecule has 4 aromatic rings. The van der Waals surface area contributed by atoms with Gasteiger partial charge < -0.3 is 19.7 Å². The second-order valence-corrected chi connectivity index (χ2v) is 9.66. The van der Waals surface area contributed by atoms with Crippen molar-refractivity contribution in [3.05, 3.63) is 90.6 Å². The third-order valence-electron chi connectivity index (χ3n) is 7.15. The van der Waals surface area contributed by atoms with Gasteiger partial charge in [-0.3, -0.25) is 9.78 Å². The van der Waals surface area contributed by atoms with Gasteiger partial charge in [0.1, 0.15) is 19.0 Å². The monoisotopic (exact) mass is 506 g/mol. The first kappa shape index (κ1) is 24.0. The number of benzene rings is 3. The SMILES string of the molecule is O=C(NCC1CCN(c2cnc(-c3ccc4c(c3)OCCO4)c(-c3ccccc3)n2)CC1)c1ccccc1. The molecule has 7 heteroatoms. The zero-order valence-electron chi connectivity index (χ0n) is 21.2. The average molecular weight is 507 g/mol. The highest BCUT2D eigenvalue weighted by atomic mass is 16.6. The predicted octanol–water partition coefficient (Wildman–Crippen LogP) is 5.23. The fraction of sp³-hybridized carbons (Fsp3) is 0.258. The quantitative estimate of drug-likeness (QED) is 0.386. The first-order chi connectivity index (χ1) is 18.7. The van der Waals surface area contributed by atoms with Gasteiger partial charge in [-0.25, -0.2) is 4.98 Å². The van der Waals surface area contributed by atoms with Crippen LogP contribution in [-0.4, -0.2) is 48.7 Å². The van der Waals surface area contributed by atoms with Crippen LogP contribution in [0.15, 0.2) is 85.1 Å². The predicted molar refractivity (Wildman–Crippen MR) is 148 cm³/mol. The molecule has 6 rings (SSSR count). The van der Waals surface area contributed by atoms with Crippen LogP contribution in [0.5, 0.6) is 11.5 Å². The first-order valence-corrected chi connectivity index (χ1v) is 13.2. The average Bonchev–Trinajstić information content (AvgIpc) is 3.00. The van der Waals surface area contributed by atoms with Crippen LogP contribution in [0.2, 0.25) is 0 Å². The van der Waals surface area contributed by atoms with E-state index in [0.717, 1.165) is 65.8 Å². The van der Waals surface area contributed by atoms with Crippen molar-refractivity contribution in [1.82, 2.24) is 15.3 Å². The molecule has 0 radical (unpaired) electrons. The van der Waals surface area contributed by atoms with Gasteiger partial charge in [-0.2, -0.15) is 0 Å². The summed E-state index contributed by atoms with van der Waals surface area (Å²) in [4.78, 5) is 24.7. The van der Waals surface area contributed by atoms with Crippen LogP contribution in [0.4, 0.5) is 5.82 Å². The van der Waals surface area contributed by atoms with Crippen molar-refractivity contribution < 1.29 is 14.3 Å². The van der Waals surface area contributed by atoms with Crippen molar-refractivity contribution >= 4 is 11.7 Å². The highest BCUT2D eigenvalue weighted by Gasteiger charge is 2.23. The van der Waals surface area contributed by atoms with E-state index in [4.69, 9.17) is 19.4 Å². The number of anilines is 1. The van der Waals surface area contributed by atoms with E-state index in [2.05, 4.69) is 22.3 Å². The van der Waals surface area contributed by atoms with E-state index in [0.29, 0.717) is 31.2 Å². The van der Waals surface area contributed by atoms with E-state index in [1.54, 1.807) is 0 Å². The number of carbonyl (C=O) groups is 1. The number of amides is 1. The van der Waals surface area contributed by atoms with Gasteiger partial charge >= 0.3 is 0 Å². The van der Waals surface area contributed by atoms with Gasteiger partial charge in [0.15, 0.2) is 11.5 Å². The molecule has 0 aliphatic carbocycles. The minimum atomic E-state index is -0.0128. The van der Waals surface area contributed by atoms with Gasteiger partial charge in [0.2, 0.25) is 0 Å². The Bertz CT molecular complexity index is 1400. The highest BCUT2D eigenvalue weighted by molar-refractivity contribution is 5.94. The van der Waals surface area contributed by atoms with E-state index >= 15 is 0 Å². The number of nitrogens with zero attached hydrogens (tertiary/aromatic N) is 3. The maximum atomic E-state index is 12.4. The molecule has 0 bridgehead atoms. The fourth-order valence-electron chi connectivity index (χ4n) is 5.03. The van der Waals surface area contributed by atoms with Gasteiger partial charge in [-0.15, -0.1) is 0 Å². The fourth-order valence-corrected chi connectivity index (χ4v) is 5.03. The van der Waals surface area contributed by atoms with Crippen LogP contribution in [0.3, 0.4) is 0 Å². The lowest BCUT2D eigenvalue weighted by Crippen LogP contribution is -2.39. The van der Waals surface area contributed by atoms with E-state index in [-0.39, 0.29) is 5.91 Å². The van der Waals surface area contributed by atoms with Crippen LogP contribution in [-0.2, 0) is 0 Å². The lowest BCUT2D eigenvalue weighted by atomic mass is 9.96. The van der Waals surface area contributed by atoms with Crippen LogP contribution in [0.1, 0.15) is 23.2 Å². The Labute approximate surface area is 222 Å². The largest absolute Gasteiger partial charge is 0.486 e. The molecule has 38 heavy (non-hydrogen) atoms. The highest BCUT2D eigenvalue weighted by Crippen LogP contribution is 2.37. The smallest absolute Gasteiger partial charge is 0.251 e. The van der Waals surface area contributed by atoms with Crippen molar-refractivity contribution in [3.8, 4) is 34.0 Å². The third-order valence-corrected chi connectivity index (χ3v) is 7.15. The van der Waals surface area contributed by atoms with Crippen molar-refractivity contribution in [2.45, 2.75) is 12.8 Å². The molecule has 1 amide bonds. The summed E-state index contributed by atoms with van der Waals surface area (Å²) in [6.45, 7) is 3.53. The summed E-state index contributed by atoms with van der Waals surface area (Å²) in [6, 6.07) is 25.5. The summed E-state index contributed by atoms with van der Waals surface area (Å²) >= 11 is 0. The molecule has 0 atom stereocenters. The molecule has 1 fully saturated rings. The molecular formula is C31H30N4O3. The van der Waals surface area contributed by atoms with Crippen molar-refractivity contribution in [1.29, 1.82) is 0 Å². The normalized spacial score (nSPS) is 15.2. The standard InChI is InChI=1S/C31H30N4O3/c36-31(24-9-5-2-6-10-24)33-20-22-13-15-35(16-14-22)28-21-32-29(30(34-28)23-7-3-1-4-8-23)25-11-12-26-27(19-25)38-18-17-37-26/h1-12,19,21-22H,13-18,20H2,(H,33,36). The number of hydrogen-bond donors (Lipinski definition) is 1. The summed E-state index contributed by atoms with van der Waals surface area (Å²) in [7, 11) is 0. The Morgan fingerprint density at radius 3 is 2.32 bits per heavy atom. The van der Waals surface area contributed by atoms with Gasteiger partial charge in [0.25, 0.3) is 5.91 Å². The number of hydrogen-bond acceptors (Lipinski definition) is 6. The molecule has 0 unspecified atom stereocenters. The van der Waals surface area contributed by atoms with Crippen LogP contribution >= 0.6 is 0 Å². The summed E-state index contributed by atoms with van der Waals surface area (Å²) < 4.78 is 11.5. The molecule has 0 spiro atoms. The van der Waals surface area contributed by atoms with E-state index < -0.39 is 0 Å². The molecule has 1 saturated heterocycles. The Morgan fingerprint density at radius 2 is 1.55 bits per heavy atom. The van der Waals surface area contributed by atoms with Gasteiger partial charge in [-0.1, -0.05) is 48.5 Å². The third kappa shape index (κ3) is 5.18. The molecule has 7 nitrogen and oxygen atoms in total. The molecule has 1 aromatic heterocycles. The number of nitrogens with one attached hydrogen (secondary N) is 1. The van der Waals surface area contributed by atoms with Gasteiger partial charge in [-0.05, 0) is 49.1 Å². The van der Waals surface area contributed by atoms with E-state index in [1.165, 1.54) is 0 Å². The number of aromatic nitrogens is 2. The van der Waals surface area contributed by atoms with E-state index in [9.17, 15) is 4.79 Å². The minimum Gasteiger partial charge on any atom is -0.486 e. The van der Waals surface area contributed by atoms with Crippen molar-refractivity contribution in [3.63, 3.8) is 0 Å². The molecule has 1 N–H and O–H groups in total. The van der Waals surface area contributed by atoms with Gasteiger partial charge in [0, 0.05) is 36.3 Å². The lowest BCUT2D eigenvalue weighted by Gasteiger charge is -2.33. The molecule has 192 valence electrons. The number of carbonyl (C=O) groups excluding carboxylic acids is 1. The Kier molecular flexibility index (Phi) is 6.89. The molecule has 3 heterocycles. The summed E-state index contributed by atoms with van der Waals surface area (Å²) in [6.07, 6.45) is 3.85. The Hall–Kier alpha value is -4.39. The lowest BCUT2D eigenvalue weighted by molar-refractivity contribution is 0.0945. The molecule has 3 aromatic carbocycles. The molecular weight excluding hydrogens is 476 g/mol. The minimum absolute atomic E-state index is 0.0128. The van der Waals surface area contributed by atoms with Gasteiger partial charge in [0.05, 0.1) is 17.6 Å². The van der Waals surface area contributed by atoms with Crippen molar-refractivity contribution in [2.24, 2.45) is 5.92 Å². The number of rotatable bonds is 6. The molecule has 2 aliphatic heterocycles. The van der Waals surface area contributed by atoms with Crippen molar-refractivity contribution in [2.75, 3.05) is 37.7 Å². The van der Waals surface area contributed by atoms with Crippen LogP contribution < -0.4 is 19.7 Å². The topological polar surface area (TPSA) is 76.6 Å². The first-order valence-electron chi connectivity index (χ1n) is 13.2. The Balaban J connectivity index is 1.18. The number of ether oxygens (including phenoxy) is 2. The number of fused-ring (bicyclic) bond motifs is 1. The second-order valence-electron chi connectivity index (χ2n) is 9.66. The Morgan fingerprint density at radius 1 is 0.842 bits per heavy atom. The summed E-state index contributed by atoms with van der Waals surface area (Å²) in [5.41, 5.74) is 4.32. The molecule has 2 aliphatic rings. The van der Waals surface area contributed by atoms with Crippen LogP contribution in [0.25, 0.3) is 22.5 Å². The molecule has 0 saturated carbocycles. The maximum Gasteiger partial charge on any atom is 0.251 e. The maximum absolute atomic E-state index is 12.4. The summed E-state index contributed by atoms with van der Waals surface area (Å²) in [5.74, 6) is 2.80. The zero-order chi connectivity index (χ0) is 25.7. The zero-order valence-corrected chi connectivity index (χ0v) is 21.2. The van der Waals surface area contributed by atoms with E-state index in [1.807, 2.05) is 72.9 Å². The summed E-state index contributed by atoms with van der Waals surface area (Å²) in [5, 5.41) is 3.10.